The Labute approximate surface area is 112 Å². The van der Waals surface area contributed by atoms with Gasteiger partial charge in [0.2, 0.25) is 0 Å². The lowest BCUT2D eigenvalue weighted by molar-refractivity contribution is 1.26. The summed E-state index contributed by atoms with van der Waals surface area (Å²) in [5.74, 6) is 0. The van der Waals surface area contributed by atoms with Crippen molar-refractivity contribution in [3.63, 3.8) is 0 Å². The molecule has 0 saturated heterocycles. The van der Waals surface area contributed by atoms with Crippen LogP contribution in [0.1, 0.15) is 24.2 Å². The molecule has 0 N–H and O–H groups in total. The molecule has 1 rings (SSSR count). The van der Waals surface area contributed by atoms with Crippen LogP contribution in [-0.2, 0) is 0 Å². The van der Waals surface area contributed by atoms with Crippen molar-refractivity contribution < 1.29 is 0 Å². The van der Waals surface area contributed by atoms with Gasteiger partial charge >= 0.3 is 0 Å². The van der Waals surface area contributed by atoms with Gasteiger partial charge in [0.15, 0.2) is 0 Å². The van der Waals surface area contributed by atoms with E-state index in [1.165, 1.54) is 16.7 Å². The van der Waals surface area contributed by atoms with Crippen LogP contribution < -0.4 is 0 Å². The third-order valence-corrected chi connectivity index (χ3v) is 3.69. The summed E-state index contributed by atoms with van der Waals surface area (Å²) in [6, 6.07) is 6.39. The number of hydrogen-bond donors (Lipinski definition) is 0. The van der Waals surface area contributed by atoms with Crippen LogP contribution in [0.4, 0.5) is 0 Å². The molecular formula is C9H8Br4. The Morgan fingerprint density at radius 3 is 1.92 bits per heavy atom. The minimum atomic E-state index is 0.201. The summed E-state index contributed by atoms with van der Waals surface area (Å²) in [6.07, 6.45) is 0. The highest BCUT2D eigenvalue weighted by Gasteiger charge is 2.13. The third kappa shape index (κ3) is 3.33. The molecule has 0 aliphatic carbocycles. The summed E-state index contributed by atoms with van der Waals surface area (Å²) in [5.41, 5.74) is 3.76. The van der Waals surface area contributed by atoms with Crippen LogP contribution in [0.3, 0.4) is 0 Å². The van der Waals surface area contributed by atoms with E-state index in [4.69, 9.17) is 0 Å². The third-order valence-electron chi connectivity index (χ3n) is 1.71. The molecule has 1 aromatic carbocycles. The quantitative estimate of drug-likeness (QED) is 0.533. The second-order valence-corrected chi connectivity index (χ2v) is 8.85. The van der Waals surface area contributed by atoms with Crippen LogP contribution in [0.2, 0.25) is 0 Å². The first-order valence-corrected chi connectivity index (χ1v) is 7.35. The van der Waals surface area contributed by atoms with Crippen LogP contribution in [-0.4, -0.2) is 0 Å². The van der Waals surface area contributed by atoms with E-state index < -0.39 is 0 Å². The molecule has 0 atom stereocenters. The maximum absolute atomic E-state index is 3.51. The molecule has 0 aliphatic rings. The molecule has 0 spiro atoms. The van der Waals surface area contributed by atoms with Gasteiger partial charge in [0.05, 0.1) is 7.47 Å². The molecule has 0 heterocycles. The molecule has 0 bridgehead atoms. The Hall–Kier alpha value is 1.14. The second-order valence-electron chi connectivity index (χ2n) is 2.73. The van der Waals surface area contributed by atoms with E-state index in [1.54, 1.807) is 0 Å². The zero-order chi connectivity index (χ0) is 10.0. The van der Waals surface area contributed by atoms with Gasteiger partial charge in [0.1, 0.15) is 0 Å². The topological polar surface area (TPSA) is 0 Å². The summed E-state index contributed by atoms with van der Waals surface area (Å²) in [4.78, 5) is 0. The van der Waals surface area contributed by atoms with Crippen molar-refractivity contribution in [3.05, 3.63) is 34.9 Å². The number of halogens is 4. The molecule has 0 nitrogen and oxygen atoms in total. The zero-order valence-electron chi connectivity index (χ0n) is 6.90. The smallest absolute Gasteiger partial charge is 0.0712 e. The van der Waals surface area contributed by atoms with Crippen molar-refractivity contribution in [1.82, 2.24) is 0 Å². The van der Waals surface area contributed by atoms with Crippen molar-refractivity contribution in [2.45, 2.75) is 14.4 Å². The summed E-state index contributed by atoms with van der Waals surface area (Å²) in [6.45, 7) is 2.09. The van der Waals surface area contributed by atoms with Crippen LogP contribution in [0, 0.1) is 6.92 Å². The Kier molecular flexibility index (Phi) is 4.97. The van der Waals surface area contributed by atoms with Gasteiger partial charge in [0, 0.05) is 0 Å². The lowest BCUT2D eigenvalue weighted by Crippen LogP contribution is -1.92. The maximum Gasteiger partial charge on any atom is 0.0949 e. The monoisotopic (exact) mass is 432 g/mol. The molecule has 0 aliphatic heterocycles. The first-order valence-electron chi connectivity index (χ1n) is 3.69. The van der Waals surface area contributed by atoms with E-state index in [2.05, 4.69) is 88.8 Å². The van der Waals surface area contributed by atoms with E-state index in [0.717, 1.165) is 0 Å². The Balaban J connectivity index is 3.19. The standard InChI is InChI=1S/C9H8Br4/c1-5-2-3-6(8(10)11)7(4-5)9(12)13/h2-4,8-9H,1H3. The van der Waals surface area contributed by atoms with E-state index in [1.807, 2.05) is 0 Å². The van der Waals surface area contributed by atoms with Gasteiger partial charge in [0.25, 0.3) is 0 Å². The number of hydrogen-bond acceptors (Lipinski definition) is 0. The first-order chi connectivity index (χ1) is 6.02. The second kappa shape index (κ2) is 5.29. The molecule has 0 fully saturated rings. The van der Waals surface area contributed by atoms with E-state index in [-0.39, 0.29) is 7.47 Å². The molecule has 0 aromatic heterocycles. The highest BCUT2D eigenvalue weighted by molar-refractivity contribution is 9.24. The predicted molar refractivity (Wildman–Crippen MR) is 72.4 cm³/mol. The molecule has 0 unspecified atom stereocenters. The lowest BCUT2D eigenvalue weighted by Gasteiger charge is -2.12. The van der Waals surface area contributed by atoms with Gasteiger partial charge in [-0.05, 0) is 18.1 Å². The highest BCUT2D eigenvalue weighted by Crippen LogP contribution is 2.39. The fraction of sp³-hybridized carbons (Fsp3) is 0.333. The van der Waals surface area contributed by atoms with E-state index in [9.17, 15) is 0 Å². The first kappa shape index (κ1) is 12.2. The van der Waals surface area contributed by atoms with Crippen molar-refractivity contribution in [2.75, 3.05) is 0 Å². The van der Waals surface area contributed by atoms with Crippen molar-refractivity contribution in [2.24, 2.45) is 0 Å². The molecule has 4 heteroatoms. The zero-order valence-corrected chi connectivity index (χ0v) is 13.2. The SMILES string of the molecule is Cc1ccc(C(Br)Br)c(C(Br)Br)c1. The Bertz CT molecular complexity index is 294. The average molecular weight is 436 g/mol. The van der Waals surface area contributed by atoms with Crippen molar-refractivity contribution >= 4 is 63.7 Å². The highest BCUT2D eigenvalue weighted by atomic mass is 79.9. The van der Waals surface area contributed by atoms with Crippen molar-refractivity contribution in [3.8, 4) is 0 Å². The summed E-state index contributed by atoms with van der Waals surface area (Å²) < 4.78 is 0.403. The Morgan fingerprint density at radius 1 is 0.923 bits per heavy atom. The fourth-order valence-electron chi connectivity index (χ4n) is 1.08. The Morgan fingerprint density at radius 2 is 1.46 bits per heavy atom. The van der Waals surface area contributed by atoms with Gasteiger partial charge in [-0.15, -0.1) is 0 Å². The summed E-state index contributed by atoms with van der Waals surface area (Å²) in [7, 11) is 0. The number of rotatable bonds is 2. The van der Waals surface area contributed by atoms with Crippen LogP contribution in [0.25, 0.3) is 0 Å². The summed E-state index contributed by atoms with van der Waals surface area (Å²) in [5, 5.41) is 0. The van der Waals surface area contributed by atoms with Crippen LogP contribution in [0.15, 0.2) is 18.2 Å². The molecule has 72 valence electrons. The van der Waals surface area contributed by atoms with Gasteiger partial charge in [-0.1, -0.05) is 87.5 Å². The van der Waals surface area contributed by atoms with Gasteiger partial charge < -0.3 is 0 Å². The van der Waals surface area contributed by atoms with Crippen LogP contribution in [0.5, 0.6) is 0 Å². The lowest BCUT2D eigenvalue weighted by atomic mass is 10.1. The largest absolute Gasteiger partial charge is 0.0949 e. The van der Waals surface area contributed by atoms with E-state index in [0.29, 0.717) is 0 Å². The van der Waals surface area contributed by atoms with Crippen molar-refractivity contribution in [1.29, 1.82) is 0 Å². The number of aryl methyl sites for hydroxylation is 1. The number of alkyl halides is 4. The summed E-state index contributed by atoms with van der Waals surface area (Å²) >= 11 is 14.0. The number of benzene rings is 1. The minimum Gasteiger partial charge on any atom is -0.0712 e. The molecule has 0 radical (unpaired) electrons. The molecule has 0 saturated carbocycles. The van der Waals surface area contributed by atoms with Gasteiger partial charge in [-0.2, -0.15) is 0 Å². The maximum atomic E-state index is 3.51. The van der Waals surface area contributed by atoms with Crippen LogP contribution >= 0.6 is 63.7 Å². The van der Waals surface area contributed by atoms with Gasteiger partial charge in [-0.3, -0.25) is 0 Å². The fourth-order valence-corrected chi connectivity index (χ4v) is 2.71. The normalized spacial score (nSPS) is 11.3. The predicted octanol–water partition coefficient (Wildman–Crippen LogP) is 5.57. The van der Waals surface area contributed by atoms with Gasteiger partial charge in [-0.25, -0.2) is 0 Å². The molecular weight excluding hydrogens is 428 g/mol. The minimum absolute atomic E-state index is 0.201. The average Bonchev–Trinajstić information content (AvgIpc) is 2.03. The molecule has 0 amide bonds. The van der Waals surface area contributed by atoms with E-state index >= 15 is 0 Å². The molecule has 13 heavy (non-hydrogen) atoms. The molecule has 1 aromatic rings.